The van der Waals surface area contributed by atoms with Gasteiger partial charge in [0.1, 0.15) is 14.3 Å². The number of aromatic nitrogens is 4. The molecule has 5 heterocycles. The van der Waals surface area contributed by atoms with Crippen molar-refractivity contribution in [3.05, 3.63) is 168 Å². The number of hydrogen-bond donors (Lipinski definition) is 4. The number of methoxy groups -OCH3 is 2. The number of hydrogen-bond acceptors (Lipinski definition) is 14. The molecule has 0 radical (unpaired) electrons. The average molecular weight is 915 g/mol. The number of anilines is 3. The molecule has 0 saturated heterocycles. The first-order valence-electron chi connectivity index (χ1n) is 17.3. The van der Waals surface area contributed by atoms with E-state index in [0.717, 1.165) is 22.0 Å². The molecule has 0 bridgehead atoms. The van der Waals surface area contributed by atoms with Gasteiger partial charge in [-0.25, -0.2) is 19.6 Å². The molecule has 0 saturated carbocycles. The molecular formula is C41H36BrN7O7S3. The van der Waals surface area contributed by atoms with Crippen molar-refractivity contribution >= 4 is 105 Å². The quantitative estimate of drug-likeness (QED) is 0.0687. The maximum Gasteiger partial charge on any atom is 0.350 e. The van der Waals surface area contributed by atoms with Crippen LogP contribution in [-0.2, 0) is 21.3 Å². The summed E-state index contributed by atoms with van der Waals surface area (Å²) in [6, 6.07) is 26.8. The number of benzene rings is 3. The van der Waals surface area contributed by atoms with Gasteiger partial charge in [0.05, 0.1) is 67.1 Å². The number of ether oxygens (including phenoxy) is 2. The number of carbonyl (C=O) groups is 3. The first-order valence-corrected chi connectivity index (χ1v) is 21.0. The summed E-state index contributed by atoms with van der Waals surface area (Å²) in [5, 5.41) is 9.06. The highest BCUT2D eigenvalue weighted by Gasteiger charge is 2.11. The van der Waals surface area contributed by atoms with E-state index in [1.54, 1.807) is 58.7 Å². The molecule has 302 valence electrons. The van der Waals surface area contributed by atoms with Crippen molar-refractivity contribution in [2.45, 2.75) is 11.9 Å². The molecule has 14 nitrogen and oxygen atoms in total. The van der Waals surface area contributed by atoms with E-state index in [4.69, 9.17) is 11.5 Å². The molecule has 0 fully saturated rings. The number of H-pyrrole nitrogens is 1. The molecule has 0 spiro atoms. The van der Waals surface area contributed by atoms with E-state index in [0.29, 0.717) is 54.5 Å². The summed E-state index contributed by atoms with van der Waals surface area (Å²) in [7, 11) is 2.71. The minimum Gasteiger partial charge on any atom is -0.465 e. The SMILES string of the molecule is COC(=O)c1ccc(CBr)cc1.COC(=O)c1sccc1N.Nc1ccccc1NC(=O)c1ccc(Cn2cnc3ccsc3c2=O)cc1.O=c1[nH]cnc2ccsc12. The molecule has 0 aliphatic rings. The van der Waals surface area contributed by atoms with Crippen LogP contribution in [0, 0.1) is 0 Å². The Morgan fingerprint density at radius 3 is 1.95 bits per heavy atom. The zero-order valence-electron chi connectivity index (χ0n) is 31.4. The fourth-order valence-electron chi connectivity index (χ4n) is 4.98. The zero-order chi connectivity index (χ0) is 42.3. The van der Waals surface area contributed by atoms with Crippen LogP contribution < -0.4 is 27.9 Å². The van der Waals surface area contributed by atoms with Crippen molar-refractivity contribution in [3.63, 3.8) is 0 Å². The van der Waals surface area contributed by atoms with Gasteiger partial charge in [0.15, 0.2) is 0 Å². The highest BCUT2D eigenvalue weighted by atomic mass is 79.9. The lowest BCUT2D eigenvalue weighted by Gasteiger charge is -2.09. The standard InChI is InChI=1S/C20H16N4O2S.C9H9BrO2.C6H4N2OS.C6H7NO2S/c21-15-3-1-2-4-16(15)23-19(25)14-7-5-13(6-8-14)11-24-12-22-17-9-10-27-18(17)20(24)26;1-12-9(11)8-4-2-7(6-10)3-5-8;9-6-5-4(1-2-10-5)7-3-8-6;1-9-6(8)5-4(7)2-3-10-5/h1-10,12H,11,21H2,(H,23,25);2-5H,6H2,1H3;1-3H,(H,7,8,9);2-3H,7H2,1H3. The van der Waals surface area contributed by atoms with Crippen LogP contribution >= 0.6 is 49.9 Å². The summed E-state index contributed by atoms with van der Waals surface area (Å²) in [6.45, 7) is 0.396. The van der Waals surface area contributed by atoms with E-state index in [1.165, 1.54) is 54.6 Å². The number of amides is 1. The second kappa shape index (κ2) is 21.3. The average Bonchev–Trinajstić information content (AvgIpc) is 4.06. The minimum absolute atomic E-state index is 0.0556. The third-order valence-electron chi connectivity index (χ3n) is 8.06. The topological polar surface area (TPSA) is 214 Å². The maximum atomic E-state index is 12.5. The summed E-state index contributed by atoms with van der Waals surface area (Å²) in [5.41, 5.74) is 17.4. The third kappa shape index (κ3) is 11.8. The molecule has 0 atom stereocenters. The van der Waals surface area contributed by atoms with E-state index >= 15 is 0 Å². The van der Waals surface area contributed by atoms with Crippen molar-refractivity contribution in [2.24, 2.45) is 0 Å². The van der Waals surface area contributed by atoms with Gasteiger partial charge in [-0.15, -0.1) is 34.0 Å². The smallest absolute Gasteiger partial charge is 0.350 e. The van der Waals surface area contributed by atoms with Gasteiger partial charge in [-0.2, -0.15) is 0 Å². The Labute approximate surface area is 357 Å². The van der Waals surface area contributed by atoms with Crippen LogP contribution in [0.25, 0.3) is 20.4 Å². The Morgan fingerprint density at radius 2 is 1.34 bits per heavy atom. The summed E-state index contributed by atoms with van der Waals surface area (Å²) in [6.07, 6.45) is 2.97. The second-order valence-electron chi connectivity index (χ2n) is 11.9. The molecule has 1 amide bonds. The van der Waals surface area contributed by atoms with Crippen LogP contribution in [0.1, 0.15) is 41.5 Å². The van der Waals surface area contributed by atoms with Crippen molar-refractivity contribution in [1.29, 1.82) is 0 Å². The molecule has 8 rings (SSSR count). The molecule has 8 aromatic rings. The van der Waals surface area contributed by atoms with Crippen LogP contribution in [0.2, 0.25) is 0 Å². The van der Waals surface area contributed by atoms with Gasteiger partial charge >= 0.3 is 11.9 Å². The van der Waals surface area contributed by atoms with Crippen molar-refractivity contribution in [2.75, 3.05) is 31.0 Å². The molecule has 0 aliphatic heterocycles. The maximum absolute atomic E-state index is 12.5. The van der Waals surface area contributed by atoms with Gasteiger partial charge in [-0.05, 0) is 81.9 Å². The number of carbonyl (C=O) groups excluding carboxylic acids is 3. The van der Waals surface area contributed by atoms with Gasteiger partial charge in [0.2, 0.25) is 0 Å². The van der Waals surface area contributed by atoms with Gasteiger partial charge in [0.25, 0.3) is 17.0 Å². The number of thiophene rings is 3. The lowest BCUT2D eigenvalue weighted by Crippen LogP contribution is -2.20. The summed E-state index contributed by atoms with van der Waals surface area (Å²) >= 11 is 7.40. The van der Waals surface area contributed by atoms with E-state index in [1.807, 2.05) is 59.3 Å². The lowest BCUT2D eigenvalue weighted by molar-refractivity contribution is 0.0594. The summed E-state index contributed by atoms with van der Waals surface area (Å²) < 4.78 is 11.9. The number of fused-ring (bicyclic) bond motifs is 2. The Bertz CT molecular complexity index is 2780. The van der Waals surface area contributed by atoms with Gasteiger partial charge in [0, 0.05) is 10.9 Å². The van der Waals surface area contributed by atoms with Gasteiger partial charge in [-0.3, -0.25) is 19.0 Å². The number of nitrogens with one attached hydrogen (secondary N) is 2. The van der Waals surface area contributed by atoms with Crippen LogP contribution in [0.5, 0.6) is 0 Å². The fraction of sp³-hybridized carbons (Fsp3) is 0.0976. The van der Waals surface area contributed by atoms with E-state index in [2.05, 4.69) is 45.7 Å². The largest absolute Gasteiger partial charge is 0.465 e. The molecule has 0 unspecified atom stereocenters. The third-order valence-corrected chi connectivity index (χ3v) is 11.4. The Morgan fingerprint density at radius 1 is 0.729 bits per heavy atom. The van der Waals surface area contributed by atoms with Crippen LogP contribution in [0.15, 0.2) is 129 Å². The Balaban J connectivity index is 0.000000170. The number of halogens is 1. The van der Waals surface area contributed by atoms with Crippen molar-refractivity contribution < 1.29 is 23.9 Å². The molecule has 6 N–H and O–H groups in total. The lowest BCUT2D eigenvalue weighted by atomic mass is 10.1. The Hall–Kier alpha value is -6.47. The van der Waals surface area contributed by atoms with Crippen LogP contribution in [0.3, 0.4) is 0 Å². The monoisotopic (exact) mass is 913 g/mol. The van der Waals surface area contributed by atoms with Crippen molar-refractivity contribution in [1.82, 2.24) is 19.5 Å². The highest BCUT2D eigenvalue weighted by Crippen LogP contribution is 2.20. The fourth-order valence-corrected chi connectivity index (χ4v) is 7.62. The molecule has 59 heavy (non-hydrogen) atoms. The number of nitrogens with zero attached hydrogens (tertiary/aromatic N) is 3. The van der Waals surface area contributed by atoms with Crippen molar-refractivity contribution in [3.8, 4) is 0 Å². The van der Waals surface area contributed by atoms with E-state index in [9.17, 15) is 24.0 Å². The number of aromatic amines is 1. The first-order chi connectivity index (χ1) is 28.5. The molecule has 18 heteroatoms. The summed E-state index contributed by atoms with van der Waals surface area (Å²) in [5.74, 6) is -0.901. The number of para-hydroxylation sites is 2. The van der Waals surface area contributed by atoms with Crippen LogP contribution in [0.4, 0.5) is 17.1 Å². The summed E-state index contributed by atoms with van der Waals surface area (Å²) in [4.78, 5) is 68.8. The van der Waals surface area contributed by atoms with Gasteiger partial charge < -0.3 is 31.2 Å². The number of nitrogens with two attached hydrogens (primary N) is 2. The number of esters is 2. The zero-order valence-corrected chi connectivity index (χ0v) is 35.5. The highest BCUT2D eigenvalue weighted by molar-refractivity contribution is 9.08. The van der Waals surface area contributed by atoms with E-state index < -0.39 is 0 Å². The van der Waals surface area contributed by atoms with Crippen LogP contribution in [-0.4, -0.2) is 51.6 Å². The van der Waals surface area contributed by atoms with Gasteiger partial charge in [-0.1, -0.05) is 52.3 Å². The molecule has 5 aromatic heterocycles. The second-order valence-corrected chi connectivity index (χ2v) is 15.2. The molecule has 0 aliphatic carbocycles. The van der Waals surface area contributed by atoms with E-state index in [-0.39, 0.29) is 29.0 Å². The Kier molecular flexibility index (Phi) is 15.8. The molecular weight excluding hydrogens is 879 g/mol. The number of rotatable bonds is 7. The minimum atomic E-state index is -0.368. The number of alkyl halides is 1. The predicted molar refractivity (Wildman–Crippen MR) is 239 cm³/mol. The molecule has 3 aromatic carbocycles. The predicted octanol–water partition coefficient (Wildman–Crippen LogP) is 7.81. The normalized spacial score (nSPS) is 10.2. The number of nitrogen functional groups attached to an aromatic ring is 2. The first kappa shape index (κ1) is 43.6.